The number of aromatic nitrogens is 2. The predicted octanol–water partition coefficient (Wildman–Crippen LogP) is 3.16. The molecule has 0 spiro atoms. The van der Waals surface area contributed by atoms with Crippen molar-refractivity contribution >= 4 is 5.91 Å². The van der Waals surface area contributed by atoms with E-state index >= 15 is 0 Å². The molecule has 3 aliphatic rings. The van der Waals surface area contributed by atoms with E-state index in [1.807, 2.05) is 4.90 Å². The van der Waals surface area contributed by atoms with Crippen LogP contribution in [-0.2, 0) is 0 Å². The summed E-state index contributed by atoms with van der Waals surface area (Å²) in [5, 5.41) is 6.98. The van der Waals surface area contributed by atoms with Crippen molar-refractivity contribution in [3.05, 3.63) is 41.8 Å². The lowest BCUT2D eigenvalue weighted by molar-refractivity contribution is 0.0732. The van der Waals surface area contributed by atoms with Crippen LogP contribution >= 0.6 is 0 Å². The van der Waals surface area contributed by atoms with Gasteiger partial charge >= 0.3 is 0 Å². The van der Waals surface area contributed by atoms with Crippen molar-refractivity contribution < 1.29 is 9.18 Å². The number of piperidine rings is 1. The number of rotatable bonds is 4. The van der Waals surface area contributed by atoms with Gasteiger partial charge in [-0.3, -0.25) is 14.8 Å². The van der Waals surface area contributed by atoms with Crippen LogP contribution in [0.1, 0.15) is 36.7 Å². The van der Waals surface area contributed by atoms with Gasteiger partial charge < -0.3 is 4.90 Å². The van der Waals surface area contributed by atoms with E-state index in [1.165, 1.54) is 12.5 Å². The van der Waals surface area contributed by atoms with E-state index in [4.69, 9.17) is 0 Å². The molecule has 5 rings (SSSR count). The summed E-state index contributed by atoms with van der Waals surface area (Å²) in [5.74, 6) is 0.176. The average Bonchev–Trinajstić information content (AvgIpc) is 2.95. The molecule has 138 valence electrons. The summed E-state index contributed by atoms with van der Waals surface area (Å²) in [4.78, 5) is 17.5. The molecule has 3 saturated heterocycles. The van der Waals surface area contributed by atoms with E-state index in [-0.39, 0.29) is 11.7 Å². The molecule has 6 heteroatoms. The number of hydrogen-bond donors (Lipinski definition) is 1. The third kappa shape index (κ3) is 3.26. The first-order valence-corrected chi connectivity index (χ1v) is 9.49. The van der Waals surface area contributed by atoms with Gasteiger partial charge in [0, 0.05) is 31.2 Å². The van der Waals surface area contributed by atoms with Crippen molar-refractivity contribution in [2.75, 3.05) is 26.2 Å². The first-order chi connectivity index (χ1) is 12.7. The third-order valence-electron chi connectivity index (χ3n) is 5.58. The van der Waals surface area contributed by atoms with Crippen LogP contribution in [0.2, 0.25) is 0 Å². The number of carbonyl (C=O) groups excluding carboxylic acids is 1. The topological polar surface area (TPSA) is 52.2 Å². The zero-order valence-corrected chi connectivity index (χ0v) is 15.1. The van der Waals surface area contributed by atoms with E-state index in [2.05, 4.69) is 22.0 Å². The molecule has 0 aliphatic carbocycles. The summed E-state index contributed by atoms with van der Waals surface area (Å²) in [6.45, 7) is 5.96. The Labute approximate surface area is 153 Å². The summed E-state index contributed by atoms with van der Waals surface area (Å²) < 4.78 is 14.0. The Kier molecular flexibility index (Phi) is 4.76. The lowest BCUT2D eigenvalue weighted by atomic mass is 9.95. The fraction of sp³-hybridized carbons (Fsp3) is 0.500. The van der Waals surface area contributed by atoms with E-state index in [9.17, 15) is 9.18 Å². The van der Waals surface area contributed by atoms with Gasteiger partial charge in [-0.05, 0) is 49.9 Å². The maximum atomic E-state index is 14.0. The van der Waals surface area contributed by atoms with Gasteiger partial charge in [0.25, 0.3) is 5.91 Å². The largest absolute Gasteiger partial charge is 0.335 e. The first kappa shape index (κ1) is 17.2. The van der Waals surface area contributed by atoms with Gasteiger partial charge in [-0.1, -0.05) is 19.1 Å². The Hall–Kier alpha value is -2.21. The fourth-order valence-electron chi connectivity index (χ4n) is 4.31. The van der Waals surface area contributed by atoms with Gasteiger partial charge in [0.2, 0.25) is 0 Å². The molecular formula is C20H25FN4O. The molecule has 2 atom stereocenters. The number of halogens is 1. The van der Waals surface area contributed by atoms with Gasteiger partial charge in [-0.2, -0.15) is 5.10 Å². The molecule has 26 heavy (non-hydrogen) atoms. The van der Waals surface area contributed by atoms with Crippen LogP contribution in [0.15, 0.2) is 30.3 Å². The second kappa shape index (κ2) is 7.19. The molecule has 0 saturated carbocycles. The normalized spacial score (nSPS) is 23.2. The number of nitrogens with zero attached hydrogens (tertiary/aromatic N) is 3. The smallest absolute Gasteiger partial charge is 0.271 e. The van der Waals surface area contributed by atoms with Crippen LogP contribution in [0.4, 0.5) is 4.39 Å². The monoisotopic (exact) mass is 356 g/mol. The summed E-state index contributed by atoms with van der Waals surface area (Å²) in [6, 6.07) is 8.61. The van der Waals surface area contributed by atoms with Crippen molar-refractivity contribution in [3.8, 4) is 11.3 Å². The summed E-state index contributed by atoms with van der Waals surface area (Å²) in [7, 11) is 0. The summed E-state index contributed by atoms with van der Waals surface area (Å²) in [6.07, 6.45) is 3.50. The Bertz CT molecular complexity index is 790. The quantitative estimate of drug-likeness (QED) is 0.915. The van der Waals surface area contributed by atoms with Crippen LogP contribution in [0.5, 0.6) is 0 Å². The van der Waals surface area contributed by atoms with Gasteiger partial charge in [0.05, 0.1) is 5.69 Å². The van der Waals surface area contributed by atoms with Crippen LogP contribution in [0.3, 0.4) is 0 Å². The molecule has 4 heterocycles. The molecule has 2 aromatic rings. The second-order valence-corrected chi connectivity index (χ2v) is 7.45. The third-order valence-corrected chi connectivity index (χ3v) is 5.58. The summed E-state index contributed by atoms with van der Waals surface area (Å²) in [5.41, 5.74) is 1.32. The molecule has 0 unspecified atom stereocenters. The van der Waals surface area contributed by atoms with Gasteiger partial charge in [0.15, 0.2) is 0 Å². The highest BCUT2D eigenvalue weighted by molar-refractivity contribution is 5.93. The van der Waals surface area contributed by atoms with Crippen molar-refractivity contribution in [2.45, 2.75) is 32.2 Å². The van der Waals surface area contributed by atoms with Crippen LogP contribution in [0, 0.1) is 11.7 Å². The molecular weight excluding hydrogens is 331 g/mol. The highest BCUT2D eigenvalue weighted by Crippen LogP contribution is 2.29. The van der Waals surface area contributed by atoms with Gasteiger partial charge in [-0.15, -0.1) is 0 Å². The van der Waals surface area contributed by atoms with Crippen molar-refractivity contribution in [3.63, 3.8) is 0 Å². The minimum atomic E-state index is -0.332. The standard InChI is InChI=1S/C20H25FN4O/c1-2-9-24-11-14-7-8-15(24)13-25(12-14)20(26)19-10-18(22-23-19)16-5-3-4-6-17(16)21/h3-6,10,14-15H,2,7-9,11-13H2,1H3,(H,22,23)/t14-,15-/m1/s1. The molecule has 3 fully saturated rings. The minimum absolute atomic E-state index is 0.0321. The number of H-pyrrole nitrogens is 1. The number of aromatic amines is 1. The minimum Gasteiger partial charge on any atom is -0.335 e. The Morgan fingerprint density at radius 2 is 2.12 bits per heavy atom. The molecule has 3 aliphatic heterocycles. The van der Waals surface area contributed by atoms with Crippen LogP contribution in [-0.4, -0.2) is 58.1 Å². The number of hydrogen-bond acceptors (Lipinski definition) is 3. The highest BCUT2D eigenvalue weighted by Gasteiger charge is 2.36. The lowest BCUT2D eigenvalue weighted by Gasteiger charge is -2.35. The maximum Gasteiger partial charge on any atom is 0.271 e. The zero-order chi connectivity index (χ0) is 18.1. The Morgan fingerprint density at radius 3 is 2.92 bits per heavy atom. The van der Waals surface area contributed by atoms with Crippen molar-refractivity contribution in [1.29, 1.82) is 0 Å². The first-order valence-electron chi connectivity index (χ1n) is 9.49. The highest BCUT2D eigenvalue weighted by atomic mass is 19.1. The van der Waals surface area contributed by atoms with E-state index < -0.39 is 0 Å². The Morgan fingerprint density at radius 1 is 1.27 bits per heavy atom. The number of carbonyl (C=O) groups is 1. The number of benzene rings is 1. The summed E-state index contributed by atoms with van der Waals surface area (Å²) >= 11 is 0. The second-order valence-electron chi connectivity index (χ2n) is 7.45. The number of nitrogens with one attached hydrogen (secondary N) is 1. The molecule has 1 aromatic heterocycles. The van der Waals surface area contributed by atoms with E-state index in [0.29, 0.717) is 28.9 Å². The average molecular weight is 356 g/mol. The zero-order valence-electron chi connectivity index (χ0n) is 15.1. The van der Waals surface area contributed by atoms with Gasteiger partial charge in [-0.25, -0.2) is 4.39 Å². The van der Waals surface area contributed by atoms with Crippen molar-refractivity contribution in [2.24, 2.45) is 5.92 Å². The molecule has 1 N–H and O–H groups in total. The van der Waals surface area contributed by atoms with E-state index in [0.717, 1.165) is 39.0 Å². The number of amides is 1. The fourth-order valence-corrected chi connectivity index (χ4v) is 4.31. The molecule has 5 nitrogen and oxygen atoms in total. The van der Waals surface area contributed by atoms with E-state index in [1.54, 1.807) is 24.3 Å². The maximum absolute atomic E-state index is 14.0. The van der Waals surface area contributed by atoms with Crippen LogP contribution < -0.4 is 0 Å². The molecule has 0 radical (unpaired) electrons. The lowest BCUT2D eigenvalue weighted by Crippen LogP contribution is -2.44. The van der Waals surface area contributed by atoms with Gasteiger partial charge in [0.1, 0.15) is 11.5 Å². The Balaban J connectivity index is 1.53. The molecule has 1 aromatic carbocycles. The SMILES string of the molecule is CCCN1C[C@H]2CC[C@@H]1CN(C(=O)c1cc(-c3ccccc3F)n[nH]1)C2. The molecule has 1 amide bonds. The predicted molar refractivity (Wildman–Crippen MR) is 98.3 cm³/mol. The van der Waals surface area contributed by atoms with Crippen LogP contribution in [0.25, 0.3) is 11.3 Å². The molecule has 2 bridgehead atoms. The van der Waals surface area contributed by atoms with Crippen molar-refractivity contribution in [1.82, 2.24) is 20.0 Å². The number of fused-ring (bicyclic) bond motifs is 4.